The Balaban J connectivity index is 1.48. The molecule has 0 spiro atoms. The summed E-state index contributed by atoms with van der Waals surface area (Å²) < 4.78 is 17.0. The van der Waals surface area contributed by atoms with Gasteiger partial charge in [-0.05, 0) is 54.4 Å². The van der Waals surface area contributed by atoms with Crippen molar-refractivity contribution in [1.29, 1.82) is 0 Å². The van der Waals surface area contributed by atoms with Crippen molar-refractivity contribution in [2.24, 2.45) is 0 Å². The Bertz CT molecular complexity index is 1350. The van der Waals surface area contributed by atoms with Gasteiger partial charge in [-0.15, -0.1) is 0 Å². The maximum Gasteiger partial charge on any atom is 0.295 e. The van der Waals surface area contributed by atoms with Gasteiger partial charge in [0.1, 0.15) is 23.9 Å². The predicted molar refractivity (Wildman–Crippen MR) is 151 cm³/mol. The SMILES string of the molecule is CCOc1ccc(C(O)=C2C(=O)C(=O)N(CCN3CCOCC3)C2c2cccc(OCc3ccccc3)c2)cc1. The number of Topliss-reactive ketones (excluding diaryl/α,β-unsaturated/α-hetero) is 1. The number of carbonyl (C=O) groups is 2. The van der Waals surface area contributed by atoms with Gasteiger partial charge < -0.3 is 24.2 Å². The zero-order chi connectivity index (χ0) is 27.9. The second-order valence-electron chi connectivity index (χ2n) is 9.75. The Kier molecular flexibility index (Phi) is 8.78. The molecule has 1 atom stereocenters. The Hall–Kier alpha value is -4.14. The molecule has 5 rings (SSSR count). The van der Waals surface area contributed by atoms with E-state index in [-0.39, 0.29) is 11.3 Å². The van der Waals surface area contributed by atoms with Gasteiger partial charge in [0, 0.05) is 31.7 Å². The first-order valence-corrected chi connectivity index (χ1v) is 13.6. The fraction of sp³-hybridized carbons (Fsp3) is 0.312. The van der Waals surface area contributed by atoms with E-state index in [1.54, 1.807) is 29.2 Å². The van der Waals surface area contributed by atoms with E-state index in [1.807, 2.05) is 61.5 Å². The average Bonchev–Trinajstić information content (AvgIpc) is 3.25. The smallest absolute Gasteiger partial charge is 0.295 e. The van der Waals surface area contributed by atoms with E-state index in [0.29, 0.717) is 62.1 Å². The van der Waals surface area contributed by atoms with Crippen molar-refractivity contribution in [1.82, 2.24) is 9.80 Å². The number of morpholine rings is 1. The van der Waals surface area contributed by atoms with Gasteiger partial charge in [0.2, 0.25) is 0 Å². The van der Waals surface area contributed by atoms with Gasteiger partial charge >= 0.3 is 0 Å². The Morgan fingerprint density at radius 3 is 2.38 bits per heavy atom. The van der Waals surface area contributed by atoms with Crippen molar-refractivity contribution in [3.8, 4) is 11.5 Å². The highest BCUT2D eigenvalue weighted by Gasteiger charge is 2.46. The topological polar surface area (TPSA) is 88.5 Å². The molecule has 2 aliphatic rings. The standard InChI is InChI=1S/C32H34N2O6/c1-2-39-26-13-11-24(12-14-26)30(35)28-29(34(32(37)31(28)36)16-15-33-17-19-38-20-18-33)25-9-6-10-27(21-25)40-22-23-7-4-3-5-8-23/h3-14,21,29,35H,2,15-20,22H2,1H3. The fourth-order valence-corrected chi connectivity index (χ4v) is 5.08. The molecule has 0 radical (unpaired) electrons. The highest BCUT2D eigenvalue weighted by molar-refractivity contribution is 6.46. The summed E-state index contributed by atoms with van der Waals surface area (Å²) in [4.78, 5) is 30.6. The van der Waals surface area contributed by atoms with Gasteiger partial charge in [0.05, 0.1) is 31.4 Å². The lowest BCUT2D eigenvalue weighted by molar-refractivity contribution is -0.140. The van der Waals surface area contributed by atoms with Crippen LogP contribution in [-0.2, 0) is 20.9 Å². The summed E-state index contributed by atoms with van der Waals surface area (Å²) in [6.07, 6.45) is 0. The molecule has 0 bridgehead atoms. The van der Waals surface area contributed by atoms with E-state index in [9.17, 15) is 14.7 Å². The van der Waals surface area contributed by atoms with E-state index in [1.165, 1.54) is 0 Å². The monoisotopic (exact) mass is 542 g/mol. The number of carbonyl (C=O) groups excluding carboxylic acids is 2. The number of benzene rings is 3. The summed E-state index contributed by atoms with van der Waals surface area (Å²) in [5, 5.41) is 11.4. The molecule has 1 N–H and O–H groups in total. The number of nitrogens with zero attached hydrogens (tertiary/aromatic N) is 2. The molecule has 3 aromatic rings. The van der Waals surface area contributed by atoms with E-state index in [2.05, 4.69) is 4.90 Å². The lowest BCUT2D eigenvalue weighted by Crippen LogP contribution is -2.42. The van der Waals surface area contributed by atoms with Crippen LogP contribution in [0.2, 0.25) is 0 Å². The maximum absolute atomic E-state index is 13.4. The van der Waals surface area contributed by atoms with Crippen LogP contribution >= 0.6 is 0 Å². The molecule has 8 nitrogen and oxygen atoms in total. The summed E-state index contributed by atoms with van der Waals surface area (Å²) in [7, 11) is 0. The highest BCUT2D eigenvalue weighted by atomic mass is 16.5. The second kappa shape index (κ2) is 12.8. The van der Waals surface area contributed by atoms with Crippen molar-refractivity contribution in [2.75, 3.05) is 46.0 Å². The number of hydrogen-bond donors (Lipinski definition) is 1. The predicted octanol–water partition coefficient (Wildman–Crippen LogP) is 4.42. The first-order chi connectivity index (χ1) is 19.5. The summed E-state index contributed by atoms with van der Waals surface area (Å²) in [5.74, 6) is -0.266. The molecule has 0 saturated carbocycles. The van der Waals surface area contributed by atoms with E-state index < -0.39 is 17.7 Å². The van der Waals surface area contributed by atoms with Gasteiger partial charge in [-0.3, -0.25) is 14.5 Å². The number of amides is 1. The summed E-state index contributed by atoms with van der Waals surface area (Å²) >= 11 is 0. The molecular formula is C32H34N2O6. The first-order valence-electron chi connectivity index (χ1n) is 13.6. The van der Waals surface area contributed by atoms with E-state index in [0.717, 1.165) is 18.7 Å². The van der Waals surface area contributed by atoms with Crippen LogP contribution in [0.15, 0.2) is 84.4 Å². The van der Waals surface area contributed by atoms with Crippen LogP contribution in [0, 0.1) is 0 Å². The molecule has 1 unspecified atom stereocenters. The molecule has 3 aromatic carbocycles. The Labute approximate surface area is 234 Å². The zero-order valence-corrected chi connectivity index (χ0v) is 22.6. The Morgan fingerprint density at radius 1 is 0.900 bits per heavy atom. The van der Waals surface area contributed by atoms with Crippen molar-refractivity contribution >= 4 is 17.4 Å². The number of likely N-dealkylation sites (tertiary alicyclic amines) is 1. The number of rotatable bonds is 10. The average molecular weight is 543 g/mol. The van der Waals surface area contributed by atoms with Crippen LogP contribution in [-0.4, -0.2) is 72.6 Å². The third-order valence-electron chi connectivity index (χ3n) is 7.16. The van der Waals surface area contributed by atoms with E-state index in [4.69, 9.17) is 14.2 Å². The van der Waals surface area contributed by atoms with E-state index >= 15 is 0 Å². The molecular weight excluding hydrogens is 508 g/mol. The van der Waals surface area contributed by atoms with Gasteiger partial charge in [-0.1, -0.05) is 42.5 Å². The lowest BCUT2D eigenvalue weighted by atomic mass is 9.95. The van der Waals surface area contributed by atoms with Crippen LogP contribution in [0.25, 0.3) is 5.76 Å². The molecule has 2 aliphatic heterocycles. The number of aliphatic hydroxyl groups is 1. The summed E-state index contributed by atoms with van der Waals surface area (Å²) in [5.41, 5.74) is 2.23. The Morgan fingerprint density at radius 2 is 1.65 bits per heavy atom. The molecule has 1 amide bonds. The summed E-state index contributed by atoms with van der Waals surface area (Å²) in [6, 6.07) is 23.3. The van der Waals surface area contributed by atoms with Crippen molar-refractivity contribution in [3.05, 3.63) is 101 Å². The van der Waals surface area contributed by atoms with Crippen molar-refractivity contribution in [3.63, 3.8) is 0 Å². The molecule has 208 valence electrons. The van der Waals surface area contributed by atoms with Gasteiger partial charge in [-0.2, -0.15) is 0 Å². The van der Waals surface area contributed by atoms with Gasteiger partial charge in [-0.25, -0.2) is 0 Å². The first kappa shape index (κ1) is 27.4. The minimum atomic E-state index is -0.757. The third-order valence-corrected chi connectivity index (χ3v) is 7.16. The van der Waals surface area contributed by atoms with Crippen LogP contribution < -0.4 is 9.47 Å². The van der Waals surface area contributed by atoms with Crippen LogP contribution in [0.4, 0.5) is 0 Å². The number of aliphatic hydroxyl groups excluding tert-OH is 1. The van der Waals surface area contributed by atoms with Crippen molar-refractivity contribution in [2.45, 2.75) is 19.6 Å². The molecule has 8 heteroatoms. The number of hydrogen-bond acceptors (Lipinski definition) is 7. The number of ketones is 1. The fourth-order valence-electron chi connectivity index (χ4n) is 5.08. The normalized spacial score (nSPS) is 19.1. The molecule has 2 heterocycles. The highest BCUT2D eigenvalue weighted by Crippen LogP contribution is 2.40. The van der Waals surface area contributed by atoms with Crippen LogP contribution in [0.3, 0.4) is 0 Å². The molecule has 2 saturated heterocycles. The zero-order valence-electron chi connectivity index (χ0n) is 22.6. The van der Waals surface area contributed by atoms with Crippen LogP contribution in [0.1, 0.15) is 29.7 Å². The molecule has 40 heavy (non-hydrogen) atoms. The van der Waals surface area contributed by atoms with Crippen molar-refractivity contribution < 1.29 is 28.9 Å². The molecule has 2 fully saturated rings. The second-order valence-corrected chi connectivity index (χ2v) is 9.75. The minimum absolute atomic E-state index is 0.0661. The minimum Gasteiger partial charge on any atom is -0.507 e. The van der Waals surface area contributed by atoms with Gasteiger partial charge in [0.15, 0.2) is 0 Å². The lowest BCUT2D eigenvalue weighted by Gasteiger charge is -2.31. The van der Waals surface area contributed by atoms with Crippen LogP contribution in [0.5, 0.6) is 11.5 Å². The maximum atomic E-state index is 13.4. The quantitative estimate of drug-likeness (QED) is 0.231. The summed E-state index contributed by atoms with van der Waals surface area (Å²) in [6.45, 7) is 6.54. The third kappa shape index (κ3) is 6.19. The molecule has 0 aromatic heterocycles. The molecule has 0 aliphatic carbocycles. The largest absolute Gasteiger partial charge is 0.507 e. The van der Waals surface area contributed by atoms with Gasteiger partial charge in [0.25, 0.3) is 11.7 Å². The number of ether oxygens (including phenoxy) is 3.